The van der Waals surface area contributed by atoms with Gasteiger partial charge in [-0.2, -0.15) is 13.2 Å². The van der Waals surface area contributed by atoms with Gasteiger partial charge in [-0.1, -0.05) is 18.2 Å². The minimum absolute atomic E-state index is 0.133. The van der Waals surface area contributed by atoms with E-state index in [1.807, 2.05) is 13.0 Å². The molecule has 2 heterocycles. The van der Waals surface area contributed by atoms with Gasteiger partial charge in [0.1, 0.15) is 23.6 Å². The molecule has 1 aliphatic heterocycles. The van der Waals surface area contributed by atoms with E-state index >= 15 is 0 Å². The third kappa shape index (κ3) is 4.91. The topological polar surface area (TPSA) is 65.5 Å². The van der Waals surface area contributed by atoms with Crippen LogP contribution in [-0.2, 0) is 17.5 Å². The number of rotatable bonds is 7. The second-order valence-electron chi connectivity index (χ2n) is 7.82. The van der Waals surface area contributed by atoms with Crippen LogP contribution in [-0.4, -0.2) is 36.4 Å². The van der Waals surface area contributed by atoms with Gasteiger partial charge in [0.2, 0.25) is 0 Å². The molecule has 0 fully saturated rings. The Labute approximate surface area is 193 Å². The molecule has 1 aliphatic rings. The molecule has 0 amide bonds. The van der Waals surface area contributed by atoms with Crippen molar-refractivity contribution in [2.24, 2.45) is 0 Å². The SMILES string of the molecule is COc1cc2nc(C)nc(NCc3cccc(C(F)(F)F)c3F)c2cc1OC(C)C1=CCOC1. The number of hydrogen-bond acceptors (Lipinski definition) is 6. The predicted molar refractivity (Wildman–Crippen MR) is 119 cm³/mol. The van der Waals surface area contributed by atoms with E-state index < -0.39 is 17.6 Å². The number of ether oxygens (including phenoxy) is 3. The maximum absolute atomic E-state index is 14.5. The summed E-state index contributed by atoms with van der Waals surface area (Å²) < 4.78 is 70.6. The molecule has 0 saturated carbocycles. The van der Waals surface area contributed by atoms with Crippen molar-refractivity contribution < 1.29 is 31.8 Å². The summed E-state index contributed by atoms with van der Waals surface area (Å²) in [7, 11) is 1.51. The van der Waals surface area contributed by atoms with Crippen LogP contribution >= 0.6 is 0 Å². The molecule has 0 saturated heterocycles. The molecule has 0 radical (unpaired) electrons. The van der Waals surface area contributed by atoms with Gasteiger partial charge in [0.25, 0.3) is 0 Å². The Morgan fingerprint density at radius 1 is 1.18 bits per heavy atom. The predicted octanol–water partition coefficient (Wildman–Crippen LogP) is 5.44. The minimum atomic E-state index is -4.78. The van der Waals surface area contributed by atoms with E-state index in [9.17, 15) is 17.6 Å². The van der Waals surface area contributed by atoms with Gasteiger partial charge >= 0.3 is 6.18 Å². The van der Waals surface area contributed by atoms with Crippen LogP contribution in [0, 0.1) is 12.7 Å². The average Bonchev–Trinajstić information content (AvgIpc) is 3.32. The number of nitrogens with one attached hydrogen (secondary N) is 1. The van der Waals surface area contributed by atoms with Crippen LogP contribution in [0.15, 0.2) is 42.0 Å². The highest BCUT2D eigenvalue weighted by molar-refractivity contribution is 5.91. The highest BCUT2D eigenvalue weighted by Crippen LogP contribution is 2.36. The lowest BCUT2D eigenvalue weighted by molar-refractivity contribution is -0.140. The van der Waals surface area contributed by atoms with Crippen LogP contribution in [0.5, 0.6) is 11.5 Å². The minimum Gasteiger partial charge on any atom is -0.493 e. The van der Waals surface area contributed by atoms with E-state index in [1.54, 1.807) is 19.1 Å². The first kappa shape index (κ1) is 23.7. The Balaban J connectivity index is 1.67. The van der Waals surface area contributed by atoms with Crippen LogP contribution in [0.25, 0.3) is 10.9 Å². The van der Waals surface area contributed by atoms with Gasteiger partial charge in [-0.25, -0.2) is 14.4 Å². The summed E-state index contributed by atoms with van der Waals surface area (Å²) in [4.78, 5) is 8.80. The molecule has 6 nitrogen and oxygen atoms in total. The zero-order valence-electron chi connectivity index (χ0n) is 18.8. The number of benzene rings is 2. The molecule has 1 atom stereocenters. The second-order valence-corrected chi connectivity index (χ2v) is 7.82. The van der Waals surface area contributed by atoms with Gasteiger partial charge in [-0.05, 0) is 31.6 Å². The molecule has 1 unspecified atom stereocenters. The van der Waals surface area contributed by atoms with Crippen LogP contribution < -0.4 is 14.8 Å². The van der Waals surface area contributed by atoms with Crippen molar-refractivity contribution in [2.45, 2.75) is 32.7 Å². The highest BCUT2D eigenvalue weighted by Gasteiger charge is 2.34. The number of halogens is 4. The molecule has 3 aromatic rings. The van der Waals surface area contributed by atoms with Gasteiger partial charge in [-0.3, -0.25) is 0 Å². The Bertz CT molecular complexity index is 1240. The third-order valence-corrected chi connectivity index (χ3v) is 5.48. The average molecular weight is 477 g/mol. The van der Waals surface area contributed by atoms with Crippen molar-refractivity contribution >= 4 is 16.7 Å². The molecule has 0 aliphatic carbocycles. The van der Waals surface area contributed by atoms with Gasteiger partial charge < -0.3 is 19.5 Å². The van der Waals surface area contributed by atoms with Gasteiger partial charge in [-0.15, -0.1) is 0 Å². The van der Waals surface area contributed by atoms with Crippen molar-refractivity contribution in [3.63, 3.8) is 0 Å². The van der Waals surface area contributed by atoms with Crippen LogP contribution in [0.4, 0.5) is 23.4 Å². The molecular formula is C24H23F4N3O3. The lowest BCUT2D eigenvalue weighted by Crippen LogP contribution is -2.16. The fourth-order valence-corrected chi connectivity index (χ4v) is 3.70. The zero-order chi connectivity index (χ0) is 24.5. The molecule has 34 heavy (non-hydrogen) atoms. The van der Waals surface area contributed by atoms with Crippen LogP contribution in [0.1, 0.15) is 23.9 Å². The fourth-order valence-electron chi connectivity index (χ4n) is 3.70. The molecule has 1 aromatic heterocycles. The molecule has 0 spiro atoms. The second kappa shape index (κ2) is 9.46. The quantitative estimate of drug-likeness (QED) is 0.361. The van der Waals surface area contributed by atoms with Crippen molar-refractivity contribution in [1.29, 1.82) is 0 Å². The number of alkyl halides is 3. The smallest absolute Gasteiger partial charge is 0.419 e. The summed E-state index contributed by atoms with van der Waals surface area (Å²) >= 11 is 0. The standard InChI is InChI=1S/C24H23F4N3O3/c1-13(16-7-8-33-12-16)34-21-9-17-19(10-20(21)32-3)30-14(2)31-23(17)29-11-15-5-4-6-18(22(15)25)24(26,27)28/h4-7,9-10,13H,8,11-12H2,1-3H3,(H,29,30,31). The van der Waals surface area contributed by atoms with Crippen molar-refractivity contribution in [3.05, 3.63) is 64.7 Å². The number of aryl methyl sites for hydroxylation is 1. The van der Waals surface area contributed by atoms with Crippen LogP contribution in [0.2, 0.25) is 0 Å². The summed E-state index contributed by atoms with van der Waals surface area (Å²) in [6.45, 7) is 4.39. The number of fused-ring (bicyclic) bond motifs is 1. The molecule has 180 valence electrons. The van der Waals surface area contributed by atoms with Gasteiger partial charge in [0, 0.05) is 23.6 Å². The lowest BCUT2D eigenvalue weighted by atomic mass is 10.1. The van der Waals surface area contributed by atoms with Crippen LogP contribution in [0.3, 0.4) is 0 Å². The first-order valence-electron chi connectivity index (χ1n) is 10.6. The summed E-state index contributed by atoms with van der Waals surface area (Å²) in [6, 6.07) is 6.58. The van der Waals surface area contributed by atoms with Gasteiger partial charge in [0.15, 0.2) is 11.5 Å². The summed E-state index contributed by atoms with van der Waals surface area (Å²) in [5.41, 5.74) is 0.0987. The first-order valence-corrected chi connectivity index (χ1v) is 10.6. The number of hydrogen-bond donors (Lipinski definition) is 1. The lowest BCUT2D eigenvalue weighted by Gasteiger charge is -2.19. The monoisotopic (exact) mass is 477 g/mol. The molecule has 2 aromatic carbocycles. The molecule has 4 rings (SSSR count). The maximum Gasteiger partial charge on any atom is 0.419 e. The normalized spacial score (nSPS) is 14.7. The zero-order valence-corrected chi connectivity index (χ0v) is 18.8. The number of methoxy groups -OCH3 is 1. The number of aromatic nitrogens is 2. The molecule has 0 bridgehead atoms. The van der Waals surface area contributed by atoms with E-state index in [0.717, 1.165) is 5.57 Å². The van der Waals surface area contributed by atoms with E-state index in [-0.39, 0.29) is 18.2 Å². The van der Waals surface area contributed by atoms with E-state index in [1.165, 1.54) is 19.2 Å². The summed E-state index contributed by atoms with van der Waals surface area (Å²) in [6.07, 6.45) is -3.09. The fraction of sp³-hybridized carbons (Fsp3) is 0.333. The number of anilines is 1. The molecule has 10 heteroatoms. The van der Waals surface area contributed by atoms with Gasteiger partial charge in [0.05, 0.1) is 31.4 Å². The number of nitrogens with zero attached hydrogens (tertiary/aromatic N) is 2. The van der Waals surface area contributed by atoms with Crippen molar-refractivity contribution in [3.8, 4) is 11.5 Å². The molecular weight excluding hydrogens is 454 g/mol. The first-order chi connectivity index (χ1) is 16.2. The maximum atomic E-state index is 14.5. The van der Waals surface area contributed by atoms with E-state index in [2.05, 4.69) is 15.3 Å². The van der Waals surface area contributed by atoms with Crippen molar-refractivity contribution in [1.82, 2.24) is 9.97 Å². The Kier molecular flexibility index (Phi) is 6.60. The van der Waals surface area contributed by atoms with E-state index in [0.29, 0.717) is 53.3 Å². The summed E-state index contributed by atoms with van der Waals surface area (Å²) in [5, 5.41) is 3.50. The third-order valence-electron chi connectivity index (χ3n) is 5.48. The Morgan fingerprint density at radius 2 is 1.97 bits per heavy atom. The highest BCUT2D eigenvalue weighted by atomic mass is 19.4. The van der Waals surface area contributed by atoms with Crippen molar-refractivity contribution in [2.75, 3.05) is 25.6 Å². The van der Waals surface area contributed by atoms with E-state index in [4.69, 9.17) is 14.2 Å². The Hall–Kier alpha value is -3.40. The largest absolute Gasteiger partial charge is 0.493 e. The molecule has 1 N–H and O–H groups in total. The summed E-state index contributed by atoms with van der Waals surface area (Å²) in [5.74, 6) is 0.354. The Morgan fingerprint density at radius 3 is 2.65 bits per heavy atom.